The smallest absolute Gasteiger partial charge is 0.182 e. The van der Waals surface area contributed by atoms with Crippen LogP contribution in [0.15, 0.2) is 16.1 Å². The van der Waals surface area contributed by atoms with E-state index in [2.05, 4.69) is 15.5 Å². The fourth-order valence-electron chi connectivity index (χ4n) is 1.23. The third kappa shape index (κ3) is 1.77. The van der Waals surface area contributed by atoms with Gasteiger partial charge in [0.25, 0.3) is 0 Å². The lowest BCUT2D eigenvalue weighted by molar-refractivity contribution is 0.392. The molecule has 14 heavy (non-hydrogen) atoms. The Morgan fingerprint density at radius 2 is 2.36 bits per heavy atom. The summed E-state index contributed by atoms with van der Waals surface area (Å²) in [6.07, 6.45) is 1.78. The molecular formula is C9H11N3OS. The Balaban J connectivity index is 2.05. The van der Waals surface area contributed by atoms with Crippen LogP contribution in [0, 0.1) is 13.8 Å². The molecule has 0 fully saturated rings. The molecule has 0 bridgehead atoms. The number of aromatic nitrogens is 2. The maximum Gasteiger partial charge on any atom is 0.182 e. The first-order chi connectivity index (χ1) is 6.77. The molecule has 0 unspecified atom stereocenters. The minimum Gasteiger partial charge on any atom is -0.361 e. The molecule has 2 aromatic rings. The number of nitrogens with zero attached hydrogens (tertiary/aromatic N) is 2. The molecule has 0 amide bonds. The summed E-state index contributed by atoms with van der Waals surface area (Å²) in [5.74, 6) is 0.867. The van der Waals surface area contributed by atoms with Crippen molar-refractivity contribution in [3.8, 4) is 0 Å². The minimum absolute atomic E-state index is 0.717. The molecule has 0 radical (unpaired) electrons. The van der Waals surface area contributed by atoms with Crippen LogP contribution in [0.5, 0.6) is 0 Å². The lowest BCUT2D eigenvalue weighted by Crippen LogP contribution is -2.00. The summed E-state index contributed by atoms with van der Waals surface area (Å²) < 4.78 is 5.06. The van der Waals surface area contributed by atoms with Crippen LogP contribution in [-0.2, 0) is 6.54 Å². The van der Waals surface area contributed by atoms with Crippen molar-refractivity contribution in [1.29, 1.82) is 0 Å². The molecule has 0 aliphatic heterocycles. The van der Waals surface area contributed by atoms with Gasteiger partial charge >= 0.3 is 0 Å². The quantitative estimate of drug-likeness (QED) is 0.843. The number of anilines is 1. The number of nitrogens with one attached hydrogen (secondary N) is 1. The van der Waals surface area contributed by atoms with Crippen molar-refractivity contribution in [2.45, 2.75) is 20.4 Å². The molecule has 0 aliphatic rings. The van der Waals surface area contributed by atoms with Crippen molar-refractivity contribution in [3.05, 3.63) is 28.6 Å². The number of hydrogen-bond acceptors (Lipinski definition) is 5. The van der Waals surface area contributed by atoms with E-state index in [4.69, 9.17) is 4.52 Å². The second-order valence-electron chi connectivity index (χ2n) is 2.99. The Kier molecular flexibility index (Phi) is 2.49. The Labute approximate surface area is 86.0 Å². The van der Waals surface area contributed by atoms with Gasteiger partial charge in [0, 0.05) is 23.7 Å². The van der Waals surface area contributed by atoms with E-state index in [-0.39, 0.29) is 0 Å². The number of thiazole rings is 1. The minimum atomic E-state index is 0.717. The summed E-state index contributed by atoms with van der Waals surface area (Å²) in [5.41, 5.74) is 2.05. The van der Waals surface area contributed by atoms with Crippen LogP contribution in [-0.4, -0.2) is 10.1 Å². The second-order valence-corrected chi connectivity index (χ2v) is 3.89. The van der Waals surface area contributed by atoms with Gasteiger partial charge in [0.15, 0.2) is 5.13 Å². The van der Waals surface area contributed by atoms with Crippen LogP contribution in [0.1, 0.15) is 17.0 Å². The van der Waals surface area contributed by atoms with Gasteiger partial charge in [-0.1, -0.05) is 5.16 Å². The zero-order valence-corrected chi connectivity index (χ0v) is 8.89. The maximum atomic E-state index is 5.06. The van der Waals surface area contributed by atoms with Crippen LogP contribution < -0.4 is 5.32 Å². The Morgan fingerprint density at radius 3 is 2.93 bits per heavy atom. The first-order valence-corrected chi connectivity index (χ1v) is 5.20. The highest BCUT2D eigenvalue weighted by atomic mass is 32.1. The molecular weight excluding hydrogens is 198 g/mol. The van der Waals surface area contributed by atoms with Crippen molar-refractivity contribution in [3.63, 3.8) is 0 Å². The summed E-state index contributed by atoms with van der Waals surface area (Å²) in [6.45, 7) is 4.57. The molecule has 4 nitrogen and oxygen atoms in total. The fourth-order valence-corrected chi connectivity index (χ4v) is 1.76. The Hall–Kier alpha value is -1.36. The molecule has 5 heteroatoms. The van der Waals surface area contributed by atoms with Crippen LogP contribution >= 0.6 is 11.3 Å². The summed E-state index contributed by atoms with van der Waals surface area (Å²) >= 11 is 1.58. The zero-order chi connectivity index (χ0) is 9.97. The van der Waals surface area contributed by atoms with E-state index in [0.29, 0.717) is 6.54 Å². The largest absolute Gasteiger partial charge is 0.361 e. The van der Waals surface area contributed by atoms with Gasteiger partial charge < -0.3 is 9.84 Å². The highest BCUT2D eigenvalue weighted by Crippen LogP contribution is 2.16. The molecule has 0 saturated carbocycles. The van der Waals surface area contributed by atoms with Crippen molar-refractivity contribution < 1.29 is 4.52 Å². The predicted molar refractivity (Wildman–Crippen MR) is 55.4 cm³/mol. The molecule has 1 N–H and O–H groups in total. The average Bonchev–Trinajstić information content (AvgIpc) is 2.76. The van der Waals surface area contributed by atoms with Gasteiger partial charge in [-0.15, -0.1) is 11.3 Å². The van der Waals surface area contributed by atoms with Gasteiger partial charge in [0.05, 0.1) is 5.69 Å². The molecule has 74 valence electrons. The molecule has 0 aromatic carbocycles. The van der Waals surface area contributed by atoms with E-state index in [0.717, 1.165) is 22.1 Å². The second kappa shape index (κ2) is 3.79. The lowest BCUT2D eigenvalue weighted by atomic mass is 10.2. The fraction of sp³-hybridized carbons (Fsp3) is 0.333. The Morgan fingerprint density at radius 1 is 1.50 bits per heavy atom. The van der Waals surface area contributed by atoms with Crippen LogP contribution in [0.2, 0.25) is 0 Å². The van der Waals surface area contributed by atoms with Crippen LogP contribution in [0.25, 0.3) is 0 Å². The molecule has 0 atom stereocenters. The average molecular weight is 209 g/mol. The van der Waals surface area contributed by atoms with Gasteiger partial charge in [-0.05, 0) is 13.8 Å². The lowest BCUT2D eigenvalue weighted by Gasteiger charge is -2.00. The summed E-state index contributed by atoms with van der Waals surface area (Å²) in [4.78, 5) is 4.13. The number of rotatable bonds is 3. The molecule has 2 rings (SSSR count). The highest BCUT2D eigenvalue weighted by molar-refractivity contribution is 7.13. The van der Waals surface area contributed by atoms with Gasteiger partial charge in [0.2, 0.25) is 0 Å². The van der Waals surface area contributed by atoms with Crippen molar-refractivity contribution in [2.75, 3.05) is 5.32 Å². The molecule has 0 saturated heterocycles. The summed E-state index contributed by atoms with van der Waals surface area (Å²) in [5, 5.41) is 9.96. The predicted octanol–water partition coefficient (Wildman–Crippen LogP) is 2.36. The van der Waals surface area contributed by atoms with Crippen LogP contribution in [0.3, 0.4) is 0 Å². The van der Waals surface area contributed by atoms with E-state index >= 15 is 0 Å². The topological polar surface area (TPSA) is 51.0 Å². The first kappa shape index (κ1) is 9.21. The molecule has 0 spiro atoms. The summed E-state index contributed by atoms with van der Waals surface area (Å²) in [6, 6.07) is 0. The number of hydrogen-bond donors (Lipinski definition) is 1. The van der Waals surface area contributed by atoms with Crippen molar-refractivity contribution in [1.82, 2.24) is 10.1 Å². The van der Waals surface area contributed by atoms with Gasteiger partial charge in [-0.2, -0.15) is 0 Å². The van der Waals surface area contributed by atoms with Gasteiger partial charge in [-0.3, -0.25) is 0 Å². The molecule has 0 aliphatic carbocycles. The highest BCUT2D eigenvalue weighted by Gasteiger charge is 2.08. The van der Waals surface area contributed by atoms with E-state index in [1.54, 1.807) is 17.5 Å². The van der Waals surface area contributed by atoms with E-state index in [1.165, 1.54) is 0 Å². The molecule has 2 heterocycles. The normalized spacial score (nSPS) is 10.4. The molecule has 2 aromatic heterocycles. The van der Waals surface area contributed by atoms with Crippen molar-refractivity contribution in [2.24, 2.45) is 0 Å². The monoisotopic (exact) mass is 209 g/mol. The van der Waals surface area contributed by atoms with Gasteiger partial charge in [0.1, 0.15) is 5.76 Å². The van der Waals surface area contributed by atoms with E-state index in [1.807, 2.05) is 19.2 Å². The van der Waals surface area contributed by atoms with Gasteiger partial charge in [-0.25, -0.2) is 4.98 Å². The summed E-state index contributed by atoms with van der Waals surface area (Å²) in [7, 11) is 0. The van der Waals surface area contributed by atoms with E-state index in [9.17, 15) is 0 Å². The third-order valence-corrected chi connectivity index (χ3v) is 2.76. The SMILES string of the molecule is Cc1noc(C)c1CNc1nccs1. The standard InChI is InChI=1S/C9H11N3OS/c1-6-8(7(2)13-12-6)5-11-9-10-3-4-14-9/h3-4H,5H2,1-2H3,(H,10,11). The Bertz CT molecular complexity index is 388. The first-order valence-electron chi connectivity index (χ1n) is 4.32. The van der Waals surface area contributed by atoms with E-state index < -0.39 is 0 Å². The third-order valence-electron chi connectivity index (χ3n) is 2.03. The maximum absolute atomic E-state index is 5.06. The van der Waals surface area contributed by atoms with Crippen molar-refractivity contribution >= 4 is 16.5 Å². The zero-order valence-electron chi connectivity index (χ0n) is 8.07. The number of aryl methyl sites for hydroxylation is 2. The van der Waals surface area contributed by atoms with Crippen LogP contribution in [0.4, 0.5) is 5.13 Å².